The lowest BCUT2D eigenvalue weighted by Gasteiger charge is -2.37. The minimum atomic E-state index is -0.761. The first kappa shape index (κ1) is 13.6. The summed E-state index contributed by atoms with van der Waals surface area (Å²) < 4.78 is 5.36. The van der Waals surface area contributed by atoms with Crippen molar-refractivity contribution in [1.29, 1.82) is 0 Å². The summed E-state index contributed by atoms with van der Waals surface area (Å²) in [6.07, 6.45) is 0. The van der Waals surface area contributed by atoms with Crippen LogP contribution in [0, 0.1) is 5.92 Å². The summed E-state index contributed by atoms with van der Waals surface area (Å²) in [4.78, 5) is 39.2. The number of aromatic nitrogens is 1. The fourth-order valence-electron chi connectivity index (χ4n) is 2.99. The molecular weight excluding hydrogens is 324 g/mol. The Kier molecular flexibility index (Phi) is 2.92. The maximum atomic E-state index is 12.4. The van der Waals surface area contributed by atoms with E-state index < -0.39 is 23.0 Å². The zero-order valence-corrected chi connectivity index (χ0v) is 12.7. The SMILES string of the molecule is NC(=O)C1Sc2[nH]c(=O)sc2C2c3ccccc3OC(=O)C12. The van der Waals surface area contributed by atoms with Gasteiger partial charge in [0.2, 0.25) is 5.91 Å². The minimum absolute atomic E-state index is 0.210. The molecule has 0 saturated heterocycles. The van der Waals surface area contributed by atoms with Gasteiger partial charge in [-0.3, -0.25) is 14.4 Å². The number of esters is 1. The second-order valence-corrected chi connectivity index (χ2v) is 7.28. The molecule has 0 fully saturated rings. The van der Waals surface area contributed by atoms with E-state index in [0.717, 1.165) is 33.5 Å². The van der Waals surface area contributed by atoms with Crippen LogP contribution in [0.1, 0.15) is 16.4 Å². The Morgan fingerprint density at radius 3 is 2.82 bits per heavy atom. The second-order valence-electron chi connectivity index (χ2n) is 5.11. The lowest BCUT2D eigenvalue weighted by Crippen LogP contribution is -2.46. The number of hydrogen-bond acceptors (Lipinski definition) is 6. The Morgan fingerprint density at radius 2 is 2.05 bits per heavy atom. The van der Waals surface area contributed by atoms with Crippen molar-refractivity contribution in [3.63, 3.8) is 0 Å². The number of rotatable bonds is 1. The summed E-state index contributed by atoms with van der Waals surface area (Å²) in [5.74, 6) is -1.69. The first-order valence-corrected chi connectivity index (χ1v) is 8.25. The number of thioether (sulfide) groups is 1. The second kappa shape index (κ2) is 4.72. The van der Waals surface area contributed by atoms with E-state index in [0.29, 0.717) is 10.8 Å². The normalized spacial score (nSPS) is 25.6. The molecule has 1 aromatic heterocycles. The van der Waals surface area contributed by atoms with E-state index in [1.807, 2.05) is 12.1 Å². The summed E-state index contributed by atoms with van der Waals surface area (Å²) in [5.41, 5.74) is 6.27. The fraction of sp³-hybridized carbons (Fsp3) is 0.214. The van der Waals surface area contributed by atoms with Gasteiger partial charge in [0, 0.05) is 16.4 Å². The number of H-pyrrole nitrogens is 1. The van der Waals surface area contributed by atoms with Gasteiger partial charge in [-0.15, -0.1) is 0 Å². The monoisotopic (exact) mass is 334 g/mol. The Balaban J connectivity index is 1.99. The van der Waals surface area contributed by atoms with E-state index in [1.54, 1.807) is 12.1 Å². The zero-order chi connectivity index (χ0) is 15.4. The van der Waals surface area contributed by atoms with E-state index in [2.05, 4.69) is 4.98 Å². The van der Waals surface area contributed by atoms with Gasteiger partial charge < -0.3 is 15.5 Å². The van der Waals surface area contributed by atoms with Crippen molar-refractivity contribution in [3.8, 4) is 5.75 Å². The average molecular weight is 334 g/mol. The Bertz CT molecular complexity index is 857. The molecule has 1 aromatic carbocycles. The lowest BCUT2D eigenvalue weighted by atomic mass is 9.80. The van der Waals surface area contributed by atoms with Crippen LogP contribution in [0.5, 0.6) is 5.75 Å². The summed E-state index contributed by atoms with van der Waals surface area (Å²) in [5, 5.41) is -0.145. The average Bonchev–Trinajstić information content (AvgIpc) is 2.86. The Labute approximate surface area is 132 Å². The molecule has 3 atom stereocenters. The third-order valence-electron chi connectivity index (χ3n) is 3.87. The molecule has 8 heteroatoms. The van der Waals surface area contributed by atoms with Gasteiger partial charge in [-0.05, 0) is 6.07 Å². The molecule has 3 heterocycles. The highest BCUT2D eigenvalue weighted by Crippen LogP contribution is 2.53. The molecule has 1 amide bonds. The van der Waals surface area contributed by atoms with Crippen molar-refractivity contribution in [2.75, 3.05) is 0 Å². The number of para-hydroxylation sites is 1. The van der Waals surface area contributed by atoms with E-state index in [4.69, 9.17) is 10.5 Å². The number of aromatic amines is 1. The number of fused-ring (bicyclic) bond motifs is 5. The van der Waals surface area contributed by atoms with Crippen LogP contribution in [0.15, 0.2) is 34.1 Å². The van der Waals surface area contributed by atoms with Crippen molar-refractivity contribution < 1.29 is 14.3 Å². The van der Waals surface area contributed by atoms with Crippen molar-refractivity contribution in [2.45, 2.75) is 16.2 Å². The summed E-state index contributed by atoms with van der Waals surface area (Å²) in [6, 6.07) is 7.17. The molecule has 4 rings (SSSR count). The quantitative estimate of drug-likeness (QED) is 0.600. The molecule has 3 N–H and O–H groups in total. The Morgan fingerprint density at radius 1 is 1.27 bits per heavy atom. The van der Waals surface area contributed by atoms with Gasteiger partial charge in [-0.25, -0.2) is 0 Å². The van der Waals surface area contributed by atoms with E-state index >= 15 is 0 Å². The van der Waals surface area contributed by atoms with Crippen LogP contribution < -0.4 is 15.3 Å². The van der Waals surface area contributed by atoms with Crippen LogP contribution in [0.4, 0.5) is 0 Å². The van der Waals surface area contributed by atoms with Crippen LogP contribution in [0.2, 0.25) is 0 Å². The number of nitrogens with two attached hydrogens (primary N) is 1. The molecule has 6 nitrogen and oxygen atoms in total. The van der Waals surface area contributed by atoms with Gasteiger partial charge in [0.15, 0.2) is 0 Å². The van der Waals surface area contributed by atoms with E-state index in [9.17, 15) is 14.4 Å². The highest BCUT2D eigenvalue weighted by Gasteiger charge is 2.50. The molecule has 2 aliphatic rings. The Hall–Kier alpha value is -2.06. The molecule has 0 radical (unpaired) electrons. The number of ether oxygens (including phenoxy) is 1. The maximum absolute atomic E-state index is 12.4. The molecule has 3 unspecified atom stereocenters. The maximum Gasteiger partial charge on any atom is 0.317 e. The van der Waals surface area contributed by atoms with Gasteiger partial charge in [0.05, 0.1) is 10.9 Å². The summed E-state index contributed by atoms with van der Waals surface area (Å²) in [7, 11) is 0. The fourth-order valence-corrected chi connectivity index (χ4v) is 5.40. The standard InChI is InChI=1S/C14H10N2O4S2/c15-11(17)9-8-7(10-12(21-9)16-14(19)22-10)5-3-1-2-4-6(5)20-13(8)18/h1-4,7-9H,(H2,15,17)(H,16,19). The molecule has 0 spiro atoms. The first-order chi connectivity index (χ1) is 10.6. The predicted molar refractivity (Wildman–Crippen MR) is 81.2 cm³/mol. The number of benzene rings is 1. The number of carbonyl (C=O) groups excluding carboxylic acids is 2. The third-order valence-corrected chi connectivity index (χ3v) is 6.30. The van der Waals surface area contributed by atoms with Gasteiger partial charge in [0.25, 0.3) is 0 Å². The molecule has 0 aliphatic carbocycles. The van der Waals surface area contributed by atoms with Crippen molar-refractivity contribution >= 4 is 35.0 Å². The zero-order valence-electron chi connectivity index (χ0n) is 11.1. The van der Waals surface area contributed by atoms with Crippen LogP contribution in [0.3, 0.4) is 0 Å². The number of hydrogen-bond donors (Lipinski definition) is 2. The number of primary amides is 1. The molecule has 2 aliphatic heterocycles. The number of thiazole rings is 1. The smallest absolute Gasteiger partial charge is 0.317 e. The minimum Gasteiger partial charge on any atom is -0.426 e. The summed E-state index contributed by atoms with van der Waals surface area (Å²) in [6.45, 7) is 0. The largest absolute Gasteiger partial charge is 0.426 e. The molecule has 22 heavy (non-hydrogen) atoms. The van der Waals surface area contributed by atoms with Crippen LogP contribution in [0.25, 0.3) is 0 Å². The van der Waals surface area contributed by atoms with Gasteiger partial charge in [-0.2, -0.15) is 0 Å². The topological polar surface area (TPSA) is 102 Å². The van der Waals surface area contributed by atoms with Crippen molar-refractivity contribution in [2.24, 2.45) is 11.7 Å². The molecule has 112 valence electrons. The highest BCUT2D eigenvalue weighted by atomic mass is 32.2. The molecule has 2 aromatic rings. The van der Waals surface area contributed by atoms with Crippen LogP contribution in [-0.2, 0) is 9.59 Å². The van der Waals surface area contributed by atoms with Crippen molar-refractivity contribution in [1.82, 2.24) is 4.98 Å². The van der Waals surface area contributed by atoms with Gasteiger partial charge in [-0.1, -0.05) is 41.3 Å². The van der Waals surface area contributed by atoms with E-state index in [1.165, 1.54) is 0 Å². The molecule has 0 bridgehead atoms. The highest BCUT2D eigenvalue weighted by molar-refractivity contribution is 8.00. The van der Waals surface area contributed by atoms with Crippen molar-refractivity contribution in [3.05, 3.63) is 44.4 Å². The van der Waals surface area contributed by atoms with Crippen LogP contribution in [-0.4, -0.2) is 22.1 Å². The summed E-state index contributed by atoms with van der Waals surface area (Å²) >= 11 is 2.19. The number of nitrogens with one attached hydrogen (secondary N) is 1. The third kappa shape index (κ3) is 1.84. The first-order valence-electron chi connectivity index (χ1n) is 6.56. The predicted octanol–water partition coefficient (Wildman–Crippen LogP) is 1.06. The molecule has 0 saturated carbocycles. The van der Waals surface area contributed by atoms with Crippen LogP contribution >= 0.6 is 23.1 Å². The van der Waals surface area contributed by atoms with Gasteiger partial charge >= 0.3 is 10.8 Å². The number of amides is 1. The lowest BCUT2D eigenvalue weighted by molar-refractivity contribution is -0.142. The number of carbonyl (C=O) groups is 2. The van der Waals surface area contributed by atoms with E-state index in [-0.39, 0.29) is 10.8 Å². The van der Waals surface area contributed by atoms with Gasteiger partial charge in [0.1, 0.15) is 11.0 Å². The molecular formula is C14H10N2O4S2.